The van der Waals surface area contributed by atoms with Crippen molar-refractivity contribution in [2.75, 3.05) is 37.1 Å². The lowest BCUT2D eigenvalue weighted by Crippen LogP contribution is -2.23. The number of amides is 1. The number of benzene rings is 1. The molecule has 6 heteroatoms. The van der Waals surface area contributed by atoms with Crippen molar-refractivity contribution in [3.05, 3.63) is 24.3 Å². The third-order valence-corrected chi connectivity index (χ3v) is 3.68. The van der Waals surface area contributed by atoms with Crippen molar-refractivity contribution < 1.29 is 19.4 Å². The Morgan fingerprint density at radius 3 is 2.70 bits per heavy atom. The Balaban J connectivity index is 2.26. The summed E-state index contributed by atoms with van der Waals surface area (Å²) in [7, 11) is 0. The van der Waals surface area contributed by atoms with Gasteiger partial charge in [0.2, 0.25) is 5.91 Å². The number of aliphatic hydroxyl groups excluding tert-OH is 1. The van der Waals surface area contributed by atoms with Crippen molar-refractivity contribution in [1.29, 1.82) is 0 Å². The number of aliphatic hydroxyl groups is 1. The Morgan fingerprint density at radius 2 is 2.04 bits per heavy atom. The zero-order valence-corrected chi connectivity index (χ0v) is 14.7. The summed E-state index contributed by atoms with van der Waals surface area (Å²) in [4.78, 5) is 11.6. The molecule has 0 aromatic heterocycles. The van der Waals surface area contributed by atoms with E-state index in [2.05, 4.69) is 12.2 Å². The SMILES string of the molecule is CCCCOCC(O)COc1ccc(NC(=O)CCSC)cc1. The number of unbranched alkanes of at least 4 members (excludes halogenated alkanes) is 1. The molecular formula is C17H27NO4S. The minimum absolute atomic E-state index is 0.00710. The molecule has 0 heterocycles. The van der Waals surface area contributed by atoms with Gasteiger partial charge in [0.15, 0.2) is 0 Å². The topological polar surface area (TPSA) is 67.8 Å². The fraction of sp³-hybridized carbons (Fsp3) is 0.588. The van der Waals surface area contributed by atoms with Crippen molar-refractivity contribution in [3.8, 4) is 5.75 Å². The van der Waals surface area contributed by atoms with Gasteiger partial charge in [0, 0.05) is 24.5 Å². The number of hydrogen-bond donors (Lipinski definition) is 2. The normalized spacial score (nSPS) is 12.0. The minimum atomic E-state index is -0.641. The van der Waals surface area contributed by atoms with Crippen LogP contribution >= 0.6 is 11.8 Å². The molecule has 0 aliphatic heterocycles. The van der Waals surface area contributed by atoms with Crippen LogP contribution in [0, 0.1) is 0 Å². The first-order chi connectivity index (χ1) is 11.2. The van der Waals surface area contributed by atoms with Gasteiger partial charge in [-0.2, -0.15) is 11.8 Å². The van der Waals surface area contributed by atoms with Crippen LogP contribution < -0.4 is 10.1 Å². The van der Waals surface area contributed by atoms with Crippen molar-refractivity contribution >= 4 is 23.4 Å². The second-order valence-corrected chi connectivity index (χ2v) is 6.19. The number of ether oxygens (including phenoxy) is 2. The Kier molecular flexibility index (Phi) is 10.5. The maximum atomic E-state index is 11.6. The molecule has 1 rings (SSSR count). The van der Waals surface area contributed by atoms with Crippen molar-refractivity contribution in [3.63, 3.8) is 0 Å². The number of hydrogen-bond acceptors (Lipinski definition) is 5. The molecule has 0 bridgehead atoms. The van der Waals surface area contributed by atoms with E-state index in [0.29, 0.717) is 18.8 Å². The van der Waals surface area contributed by atoms with Gasteiger partial charge in [0.1, 0.15) is 18.5 Å². The Hall–Kier alpha value is -1.24. The molecule has 1 atom stereocenters. The fourth-order valence-electron chi connectivity index (χ4n) is 1.76. The van der Waals surface area contributed by atoms with Gasteiger partial charge in [0.25, 0.3) is 0 Å². The van der Waals surface area contributed by atoms with Gasteiger partial charge in [-0.3, -0.25) is 4.79 Å². The third kappa shape index (κ3) is 9.48. The van der Waals surface area contributed by atoms with Crippen LogP contribution in [0.1, 0.15) is 26.2 Å². The van der Waals surface area contributed by atoms with Crippen LogP contribution in [0.2, 0.25) is 0 Å². The number of carbonyl (C=O) groups is 1. The Labute approximate surface area is 142 Å². The maximum absolute atomic E-state index is 11.6. The van der Waals surface area contributed by atoms with Crippen molar-refractivity contribution in [2.45, 2.75) is 32.3 Å². The molecule has 130 valence electrons. The highest BCUT2D eigenvalue weighted by molar-refractivity contribution is 7.98. The fourth-order valence-corrected chi connectivity index (χ4v) is 2.15. The van der Waals surface area contributed by atoms with E-state index in [9.17, 15) is 9.90 Å². The summed E-state index contributed by atoms with van der Waals surface area (Å²) in [6.45, 7) is 3.23. The number of nitrogens with one attached hydrogen (secondary N) is 1. The summed E-state index contributed by atoms with van der Waals surface area (Å²) in [6.07, 6.45) is 3.91. The summed E-state index contributed by atoms with van der Waals surface area (Å²) >= 11 is 1.65. The molecular weight excluding hydrogens is 314 g/mol. The lowest BCUT2D eigenvalue weighted by atomic mass is 10.3. The molecule has 0 radical (unpaired) electrons. The van der Waals surface area contributed by atoms with E-state index in [4.69, 9.17) is 9.47 Å². The highest BCUT2D eigenvalue weighted by atomic mass is 32.2. The zero-order valence-electron chi connectivity index (χ0n) is 13.9. The molecule has 5 nitrogen and oxygen atoms in total. The summed E-state index contributed by atoms with van der Waals surface area (Å²) in [5.41, 5.74) is 0.743. The second-order valence-electron chi connectivity index (χ2n) is 5.21. The van der Waals surface area contributed by atoms with Crippen LogP contribution in [0.3, 0.4) is 0 Å². The maximum Gasteiger partial charge on any atom is 0.225 e. The van der Waals surface area contributed by atoms with E-state index in [0.717, 1.165) is 24.3 Å². The van der Waals surface area contributed by atoms with E-state index >= 15 is 0 Å². The van der Waals surface area contributed by atoms with E-state index in [1.54, 1.807) is 36.0 Å². The van der Waals surface area contributed by atoms with Gasteiger partial charge < -0.3 is 19.9 Å². The molecule has 2 N–H and O–H groups in total. The molecule has 0 fully saturated rings. The van der Waals surface area contributed by atoms with Crippen LogP contribution in [-0.2, 0) is 9.53 Å². The molecule has 0 aliphatic carbocycles. The van der Waals surface area contributed by atoms with Crippen LogP contribution in [0.4, 0.5) is 5.69 Å². The minimum Gasteiger partial charge on any atom is -0.491 e. The molecule has 0 spiro atoms. The lowest BCUT2D eigenvalue weighted by Gasteiger charge is -2.13. The molecule has 0 saturated heterocycles. The molecule has 1 aromatic carbocycles. The predicted octanol–water partition coefficient (Wildman–Crippen LogP) is 2.93. The number of rotatable bonds is 12. The monoisotopic (exact) mass is 341 g/mol. The number of carbonyl (C=O) groups excluding carboxylic acids is 1. The van der Waals surface area contributed by atoms with Gasteiger partial charge in [0.05, 0.1) is 6.61 Å². The molecule has 0 saturated carbocycles. The van der Waals surface area contributed by atoms with E-state index < -0.39 is 6.10 Å². The predicted molar refractivity (Wildman–Crippen MR) is 95.3 cm³/mol. The van der Waals surface area contributed by atoms with Gasteiger partial charge >= 0.3 is 0 Å². The van der Waals surface area contributed by atoms with E-state index in [-0.39, 0.29) is 19.1 Å². The summed E-state index contributed by atoms with van der Waals surface area (Å²) in [5, 5.41) is 12.6. The summed E-state index contributed by atoms with van der Waals surface area (Å²) in [5.74, 6) is 1.47. The van der Waals surface area contributed by atoms with Gasteiger partial charge in [-0.15, -0.1) is 0 Å². The first-order valence-electron chi connectivity index (χ1n) is 7.93. The largest absolute Gasteiger partial charge is 0.491 e. The first-order valence-corrected chi connectivity index (χ1v) is 9.32. The smallest absolute Gasteiger partial charge is 0.225 e. The average molecular weight is 341 g/mol. The Morgan fingerprint density at radius 1 is 1.30 bits per heavy atom. The lowest BCUT2D eigenvalue weighted by molar-refractivity contribution is -0.115. The molecule has 0 aliphatic rings. The molecule has 23 heavy (non-hydrogen) atoms. The third-order valence-electron chi connectivity index (χ3n) is 3.07. The standard InChI is InChI=1S/C17H27NO4S/c1-3-4-10-21-12-15(19)13-22-16-7-5-14(6-8-16)18-17(20)9-11-23-2/h5-8,15,19H,3-4,9-13H2,1-2H3,(H,18,20). The number of thioether (sulfide) groups is 1. The number of anilines is 1. The van der Waals surface area contributed by atoms with Crippen LogP contribution in [0.5, 0.6) is 5.75 Å². The van der Waals surface area contributed by atoms with Gasteiger partial charge in [-0.1, -0.05) is 13.3 Å². The summed E-state index contributed by atoms with van der Waals surface area (Å²) < 4.78 is 10.8. The quantitative estimate of drug-likeness (QED) is 0.572. The zero-order chi connectivity index (χ0) is 16.9. The highest BCUT2D eigenvalue weighted by Gasteiger charge is 2.06. The average Bonchev–Trinajstić information content (AvgIpc) is 2.56. The second kappa shape index (κ2) is 12.2. The molecule has 1 amide bonds. The van der Waals surface area contributed by atoms with Crippen LogP contribution in [0.15, 0.2) is 24.3 Å². The molecule has 1 aromatic rings. The summed E-state index contributed by atoms with van der Waals surface area (Å²) in [6, 6.07) is 7.12. The van der Waals surface area contributed by atoms with Crippen LogP contribution in [-0.4, -0.2) is 48.9 Å². The van der Waals surface area contributed by atoms with Crippen molar-refractivity contribution in [2.24, 2.45) is 0 Å². The highest BCUT2D eigenvalue weighted by Crippen LogP contribution is 2.16. The van der Waals surface area contributed by atoms with Gasteiger partial charge in [-0.05, 0) is 36.9 Å². The van der Waals surface area contributed by atoms with E-state index in [1.807, 2.05) is 6.26 Å². The molecule has 1 unspecified atom stereocenters. The van der Waals surface area contributed by atoms with Crippen LogP contribution in [0.25, 0.3) is 0 Å². The first kappa shape index (κ1) is 19.8. The van der Waals surface area contributed by atoms with E-state index in [1.165, 1.54) is 0 Å². The van der Waals surface area contributed by atoms with Gasteiger partial charge in [-0.25, -0.2) is 0 Å². The Bertz CT molecular complexity index is 439. The van der Waals surface area contributed by atoms with Crippen molar-refractivity contribution in [1.82, 2.24) is 0 Å².